The second-order valence-electron chi connectivity index (χ2n) is 7.27. The van der Waals surface area contributed by atoms with E-state index in [1.54, 1.807) is 12.1 Å². The van der Waals surface area contributed by atoms with E-state index in [4.69, 9.17) is 0 Å². The van der Waals surface area contributed by atoms with Crippen LogP contribution in [0.3, 0.4) is 0 Å². The average molecular weight is 430 g/mol. The Bertz CT molecular complexity index is 832. The van der Waals surface area contributed by atoms with Crippen molar-refractivity contribution >= 4 is 29.3 Å². The van der Waals surface area contributed by atoms with Crippen LogP contribution in [0.15, 0.2) is 54.6 Å². The summed E-state index contributed by atoms with van der Waals surface area (Å²) in [6.07, 6.45) is 1.35. The number of anilines is 1. The van der Waals surface area contributed by atoms with Crippen molar-refractivity contribution in [3.05, 3.63) is 66.0 Å². The van der Waals surface area contributed by atoms with Crippen LogP contribution >= 0.6 is 11.8 Å². The zero-order valence-corrected chi connectivity index (χ0v) is 18.0. The number of thioether (sulfide) groups is 1. The van der Waals surface area contributed by atoms with Gasteiger partial charge in [-0.2, -0.15) is 0 Å². The van der Waals surface area contributed by atoms with Gasteiger partial charge >= 0.3 is 0 Å². The van der Waals surface area contributed by atoms with Crippen molar-refractivity contribution in [3.63, 3.8) is 0 Å². The molecule has 1 aliphatic rings. The summed E-state index contributed by atoms with van der Waals surface area (Å²) in [5.74, 6) is -0.0352. The lowest BCUT2D eigenvalue weighted by Crippen LogP contribution is -2.54. The van der Waals surface area contributed by atoms with Gasteiger partial charge in [-0.1, -0.05) is 30.3 Å². The van der Waals surface area contributed by atoms with E-state index in [9.17, 15) is 14.0 Å². The number of benzene rings is 2. The van der Waals surface area contributed by atoms with Crippen LogP contribution in [0.4, 0.5) is 10.1 Å². The molecule has 2 atom stereocenters. The quantitative estimate of drug-likeness (QED) is 0.602. The third-order valence-corrected chi connectivity index (χ3v) is 6.44. The summed E-state index contributed by atoms with van der Waals surface area (Å²) >= 11 is 1.48. The van der Waals surface area contributed by atoms with E-state index in [-0.39, 0.29) is 22.9 Å². The summed E-state index contributed by atoms with van der Waals surface area (Å²) in [7, 11) is 0. The van der Waals surface area contributed by atoms with Crippen LogP contribution in [0.5, 0.6) is 0 Å². The number of amides is 2. The molecular weight excluding hydrogens is 401 g/mol. The summed E-state index contributed by atoms with van der Waals surface area (Å²) in [5, 5.41) is 5.51. The van der Waals surface area contributed by atoms with Crippen LogP contribution in [0.1, 0.15) is 18.9 Å². The first-order chi connectivity index (χ1) is 14.6. The van der Waals surface area contributed by atoms with E-state index in [1.807, 2.05) is 18.2 Å². The summed E-state index contributed by atoms with van der Waals surface area (Å²) in [5.41, 5.74) is 2.08. The highest BCUT2D eigenvalue weighted by molar-refractivity contribution is 8.00. The fraction of sp³-hybridized carbons (Fsp3) is 0.391. The second kappa shape index (κ2) is 11.0. The third-order valence-electron chi connectivity index (χ3n) is 5.13. The highest BCUT2D eigenvalue weighted by Crippen LogP contribution is 2.22. The van der Waals surface area contributed by atoms with Gasteiger partial charge in [-0.3, -0.25) is 9.59 Å². The Hall–Kier alpha value is -2.54. The first-order valence-corrected chi connectivity index (χ1v) is 11.4. The van der Waals surface area contributed by atoms with Crippen molar-refractivity contribution in [2.24, 2.45) is 0 Å². The van der Waals surface area contributed by atoms with Gasteiger partial charge in [0.15, 0.2) is 0 Å². The number of rotatable bonds is 9. The number of halogens is 1. The van der Waals surface area contributed by atoms with Crippen LogP contribution in [0, 0.1) is 5.82 Å². The molecule has 1 fully saturated rings. The summed E-state index contributed by atoms with van der Waals surface area (Å²) in [6, 6.07) is 15.9. The molecule has 1 aliphatic heterocycles. The van der Waals surface area contributed by atoms with Gasteiger partial charge in [-0.15, -0.1) is 11.8 Å². The summed E-state index contributed by atoms with van der Waals surface area (Å²) in [4.78, 5) is 27.1. The zero-order valence-electron chi connectivity index (χ0n) is 17.1. The van der Waals surface area contributed by atoms with E-state index < -0.39 is 6.04 Å². The monoisotopic (exact) mass is 429 g/mol. The molecule has 2 N–H and O–H groups in total. The van der Waals surface area contributed by atoms with Crippen LogP contribution < -0.4 is 15.5 Å². The van der Waals surface area contributed by atoms with Gasteiger partial charge in [0.05, 0.1) is 5.25 Å². The van der Waals surface area contributed by atoms with Crippen LogP contribution in [-0.2, 0) is 16.0 Å². The van der Waals surface area contributed by atoms with E-state index in [0.717, 1.165) is 25.1 Å². The van der Waals surface area contributed by atoms with Gasteiger partial charge in [0.1, 0.15) is 11.9 Å². The van der Waals surface area contributed by atoms with Crippen molar-refractivity contribution in [1.82, 2.24) is 10.6 Å². The zero-order chi connectivity index (χ0) is 21.3. The normalized spacial score (nSPS) is 18.5. The third kappa shape index (κ3) is 6.23. The fourth-order valence-corrected chi connectivity index (χ4v) is 4.62. The lowest BCUT2D eigenvalue weighted by atomic mass is 10.1. The molecule has 2 aromatic carbocycles. The molecule has 1 heterocycles. The van der Waals surface area contributed by atoms with Crippen molar-refractivity contribution in [3.8, 4) is 0 Å². The molecule has 2 amide bonds. The number of carbonyl (C=O) groups excluding carboxylic acids is 2. The predicted octanol–water partition coefficient (Wildman–Crippen LogP) is 3.00. The van der Waals surface area contributed by atoms with Crippen molar-refractivity contribution in [2.75, 3.05) is 30.3 Å². The molecule has 5 nitrogen and oxygen atoms in total. The highest BCUT2D eigenvalue weighted by Gasteiger charge is 2.32. The molecule has 0 aromatic heterocycles. The molecule has 7 heteroatoms. The van der Waals surface area contributed by atoms with Crippen molar-refractivity contribution in [1.29, 1.82) is 0 Å². The maximum Gasteiger partial charge on any atom is 0.243 e. The highest BCUT2D eigenvalue weighted by atomic mass is 32.2. The van der Waals surface area contributed by atoms with Gasteiger partial charge in [-0.05, 0) is 49.6 Å². The molecule has 0 radical (unpaired) electrons. The molecule has 1 saturated heterocycles. The molecule has 3 rings (SSSR count). The minimum absolute atomic E-state index is 0.140. The molecule has 0 bridgehead atoms. The average Bonchev–Trinajstić information content (AvgIpc) is 2.77. The Kier molecular flexibility index (Phi) is 8.13. The van der Waals surface area contributed by atoms with Gasteiger partial charge in [0.25, 0.3) is 0 Å². The molecule has 30 heavy (non-hydrogen) atoms. The molecule has 160 valence electrons. The number of nitrogens with zero attached hydrogens (tertiary/aromatic N) is 1. The Balaban J connectivity index is 1.39. The molecular formula is C23H28FN3O2S. The smallest absolute Gasteiger partial charge is 0.243 e. The van der Waals surface area contributed by atoms with E-state index >= 15 is 0 Å². The van der Waals surface area contributed by atoms with Crippen molar-refractivity contribution < 1.29 is 14.0 Å². The standard InChI is InChI=1S/C23H28FN3O2S/c1-2-27(19-7-4-3-5-8-19)14-6-13-25-22(28)20-16-30-21(23(29)26-20)15-17-9-11-18(24)12-10-17/h3-5,7-12,20-21H,2,6,13-16H2,1H3,(H,25,28)(H,26,29)/t20-,21+/m1/s1. The van der Waals surface area contributed by atoms with Crippen molar-refractivity contribution in [2.45, 2.75) is 31.1 Å². The SMILES string of the molecule is CCN(CCCNC(=O)[C@H]1CS[C@@H](Cc2ccc(F)cc2)C(=O)N1)c1ccccc1. The first kappa shape index (κ1) is 22.2. The van der Waals surface area contributed by atoms with Crippen LogP contribution in [0.2, 0.25) is 0 Å². The van der Waals surface area contributed by atoms with Crippen LogP contribution in [0.25, 0.3) is 0 Å². The second-order valence-corrected chi connectivity index (χ2v) is 8.51. The Morgan fingerprint density at radius 2 is 1.93 bits per heavy atom. The van der Waals surface area contributed by atoms with E-state index in [1.165, 1.54) is 29.6 Å². The van der Waals surface area contributed by atoms with Gasteiger partial charge < -0.3 is 15.5 Å². The predicted molar refractivity (Wildman–Crippen MR) is 120 cm³/mol. The molecule has 0 saturated carbocycles. The maximum absolute atomic E-state index is 13.0. The molecule has 0 aliphatic carbocycles. The number of carbonyl (C=O) groups is 2. The summed E-state index contributed by atoms with van der Waals surface area (Å²) < 4.78 is 13.0. The number of para-hydroxylation sites is 1. The largest absolute Gasteiger partial charge is 0.372 e. The Morgan fingerprint density at radius 1 is 1.20 bits per heavy atom. The van der Waals surface area contributed by atoms with Gasteiger partial charge in [-0.25, -0.2) is 4.39 Å². The summed E-state index contributed by atoms with van der Waals surface area (Å²) in [6.45, 7) is 4.44. The van der Waals surface area contributed by atoms with E-state index in [2.05, 4.69) is 34.6 Å². The van der Waals surface area contributed by atoms with E-state index in [0.29, 0.717) is 18.7 Å². The molecule has 0 unspecified atom stereocenters. The Morgan fingerprint density at radius 3 is 2.60 bits per heavy atom. The van der Waals surface area contributed by atoms with Crippen LogP contribution in [-0.4, -0.2) is 48.5 Å². The lowest BCUT2D eigenvalue weighted by molar-refractivity contribution is -0.128. The lowest BCUT2D eigenvalue weighted by Gasteiger charge is -2.28. The number of hydrogen-bond donors (Lipinski definition) is 2. The Labute approximate surface area is 181 Å². The minimum atomic E-state index is -0.511. The molecule has 0 spiro atoms. The van der Waals surface area contributed by atoms with Gasteiger partial charge in [0.2, 0.25) is 11.8 Å². The number of nitrogens with one attached hydrogen (secondary N) is 2. The first-order valence-electron chi connectivity index (χ1n) is 10.3. The maximum atomic E-state index is 13.0. The van der Waals surface area contributed by atoms with Gasteiger partial charge in [0, 0.05) is 31.1 Å². The topological polar surface area (TPSA) is 61.4 Å². The minimum Gasteiger partial charge on any atom is -0.372 e. The fourth-order valence-electron chi connectivity index (χ4n) is 3.44. The molecule has 2 aromatic rings. The number of hydrogen-bond acceptors (Lipinski definition) is 4.